The molecule has 0 heterocycles. The summed E-state index contributed by atoms with van der Waals surface area (Å²) in [6, 6.07) is 2.42. The van der Waals surface area contributed by atoms with Crippen molar-refractivity contribution < 1.29 is 34.5 Å². The lowest BCUT2D eigenvalue weighted by molar-refractivity contribution is -0.142. The molecule has 0 fully saturated rings. The smallest absolute Gasteiger partial charge is 0.326 e. The summed E-state index contributed by atoms with van der Waals surface area (Å²) in [7, 11) is 0. The minimum atomic E-state index is -1.44. The van der Waals surface area contributed by atoms with Gasteiger partial charge in [0.1, 0.15) is 17.8 Å². The molecule has 188 valence electrons. The zero-order valence-corrected chi connectivity index (χ0v) is 18.4. The Kier molecular flexibility index (Phi) is 11.8. The molecule has 0 saturated carbocycles. The Morgan fingerprint density at radius 1 is 1.00 bits per heavy atom. The van der Waals surface area contributed by atoms with E-state index in [2.05, 4.69) is 20.9 Å². The van der Waals surface area contributed by atoms with Crippen molar-refractivity contribution in [3.05, 3.63) is 29.8 Å². The van der Waals surface area contributed by atoms with E-state index in [0.29, 0.717) is 5.56 Å². The van der Waals surface area contributed by atoms with Crippen LogP contribution in [0.25, 0.3) is 0 Å². The van der Waals surface area contributed by atoms with E-state index in [9.17, 15) is 34.5 Å². The van der Waals surface area contributed by atoms with Crippen molar-refractivity contribution in [1.82, 2.24) is 16.0 Å². The monoisotopic (exact) mass is 481 g/mol. The van der Waals surface area contributed by atoms with Crippen LogP contribution in [0.1, 0.15) is 18.4 Å². The molecular weight excluding hydrogens is 450 g/mol. The zero-order chi connectivity index (χ0) is 25.7. The topological polar surface area (TPSA) is 255 Å². The number of nitrogens with zero attached hydrogens (tertiary/aromatic N) is 1. The molecule has 0 aliphatic heterocycles. The number of phenols is 1. The van der Waals surface area contributed by atoms with Crippen LogP contribution in [0, 0.1) is 0 Å². The molecule has 0 aromatic heterocycles. The average Bonchev–Trinajstić information content (AvgIpc) is 2.78. The van der Waals surface area contributed by atoms with Gasteiger partial charge < -0.3 is 48.5 Å². The number of guanidine groups is 1. The number of nitrogens with one attached hydrogen (secondary N) is 3. The summed E-state index contributed by atoms with van der Waals surface area (Å²) in [6.45, 7) is -1.16. The third-order valence-corrected chi connectivity index (χ3v) is 4.55. The number of carboxylic acids is 1. The van der Waals surface area contributed by atoms with Crippen LogP contribution in [0.4, 0.5) is 0 Å². The van der Waals surface area contributed by atoms with Gasteiger partial charge in [0.05, 0.1) is 19.2 Å². The molecule has 0 aliphatic rings. The number of nitrogens with two attached hydrogens (primary N) is 3. The van der Waals surface area contributed by atoms with E-state index in [4.69, 9.17) is 17.2 Å². The third kappa shape index (κ3) is 10.6. The number of aromatic hydroxyl groups is 1. The summed E-state index contributed by atoms with van der Waals surface area (Å²) >= 11 is 0. The predicted octanol–water partition coefficient (Wildman–Crippen LogP) is -3.52. The molecular formula is C20H31N7O7. The van der Waals surface area contributed by atoms with E-state index in [-0.39, 0.29) is 37.5 Å². The van der Waals surface area contributed by atoms with Crippen molar-refractivity contribution in [3.8, 4) is 5.75 Å². The van der Waals surface area contributed by atoms with Gasteiger partial charge in [-0.3, -0.25) is 19.4 Å². The van der Waals surface area contributed by atoms with Crippen LogP contribution in [0.15, 0.2) is 29.3 Å². The lowest BCUT2D eigenvalue weighted by Gasteiger charge is -2.20. The van der Waals surface area contributed by atoms with Crippen LogP contribution in [-0.2, 0) is 25.6 Å². The number of aliphatic hydroxyl groups excluding tert-OH is 1. The molecule has 3 atom stereocenters. The number of benzene rings is 1. The van der Waals surface area contributed by atoms with Crippen molar-refractivity contribution >= 4 is 29.7 Å². The third-order valence-electron chi connectivity index (χ3n) is 4.55. The van der Waals surface area contributed by atoms with Crippen LogP contribution in [0.5, 0.6) is 5.75 Å². The number of carbonyl (C=O) groups is 4. The van der Waals surface area contributed by atoms with Gasteiger partial charge in [-0.05, 0) is 37.0 Å². The summed E-state index contributed by atoms with van der Waals surface area (Å²) in [4.78, 5) is 51.6. The number of hydrogen-bond acceptors (Lipinski definition) is 8. The Labute approximate surface area is 195 Å². The molecule has 14 heteroatoms. The van der Waals surface area contributed by atoms with Gasteiger partial charge >= 0.3 is 5.97 Å². The van der Waals surface area contributed by atoms with Crippen LogP contribution in [0.2, 0.25) is 0 Å². The van der Waals surface area contributed by atoms with E-state index < -0.39 is 55.0 Å². The molecule has 34 heavy (non-hydrogen) atoms. The number of hydrogen-bond donors (Lipinski definition) is 9. The first-order valence-corrected chi connectivity index (χ1v) is 10.3. The van der Waals surface area contributed by atoms with Gasteiger partial charge in [0.2, 0.25) is 17.7 Å². The SMILES string of the molecule is NC(N)=NCCCC(NC(=O)C(CO)NC(=O)CNC(=O)C(N)Cc1ccc(O)cc1)C(=O)O. The molecule has 3 amide bonds. The molecule has 1 rings (SSSR count). The minimum Gasteiger partial charge on any atom is -0.508 e. The quantitative estimate of drug-likeness (QED) is 0.0718. The van der Waals surface area contributed by atoms with Crippen molar-refractivity contribution in [1.29, 1.82) is 0 Å². The first-order chi connectivity index (χ1) is 16.0. The lowest BCUT2D eigenvalue weighted by Crippen LogP contribution is -2.55. The van der Waals surface area contributed by atoms with Gasteiger partial charge in [0.15, 0.2) is 5.96 Å². The summed E-state index contributed by atoms with van der Waals surface area (Å²) in [5, 5.41) is 34.7. The van der Waals surface area contributed by atoms with Gasteiger partial charge in [-0.25, -0.2) is 4.79 Å². The van der Waals surface area contributed by atoms with E-state index in [1.54, 1.807) is 12.1 Å². The number of aliphatic carboxylic acids is 1. The first kappa shape index (κ1) is 28.1. The molecule has 0 radical (unpaired) electrons. The molecule has 0 aliphatic carbocycles. The Morgan fingerprint density at radius 2 is 1.65 bits per heavy atom. The standard InChI is InChI=1S/C20H31N7O7/c21-13(8-11-3-5-12(29)6-4-11)17(31)25-9-16(30)26-15(10-28)18(32)27-14(19(33)34)2-1-7-24-20(22)23/h3-6,13-15,28-29H,1-2,7-10,21H2,(H,25,31)(H,26,30)(H,27,32)(H,33,34)(H4,22,23,24). The Bertz CT molecular complexity index is 873. The van der Waals surface area contributed by atoms with Crippen LogP contribution < -0.4 is 33.2 Å². The summed E-state index contributed by atoms with van der Waals surface area (Å²) in [5.74, 6) is -3.72. The molecule has 12 N–H and O–H groups in total. The van der Waals surface area contributed by atoms with Crippen LogP contribution in [-0.4, -0.2) is 82.8 Å². The number of aliphatic hydroxyl groups is 1. The number of carbonyl (C=O) groups excluding carboxylic acids is 3. The van der Waals surface area contributed by atoms with Gasteiger partial charge in [-0.1, -0.05) is 12.1 Å². The summed E-state index contributed by atoms with van der Waals surface area (Å²) in [6.07, 6.45) is 0.440. The Hall–Kier alpha value is -3.91. The average molecular weight is 482 g/mol. The number of rotatable bonds is 14. The Balaban J connectivity index is 2.51. The summed E-state index contributed by atoms with van der Waals surface area (Å²) in [5.41, 5.74) is 16.9. The minimum absolute atomic E-state index is 0.0128. The fourth-order valence-electron chi connectivity index (χ4n) is 2.75. The second-order valence-corrected chi connectivity index (χ2v) is 7.35. The normalized spacial score (nSPS) is 13.1. The molecule has 1 aromatic rings. The molecule has 3 unspecified atom stereocenters. The van der Waals surface area contributed by atoms with Crippen molar-refractivity contribution in [2.75, 3.05) is 19.7 Å². The highest BCUT2D eigenvalue weighted by Crippen LogP contribution is 2.10. The molecule has 0 bridgehead atoms. The zero-order valence-electron chi connectivity index (χ0n) is 18.4. The molecule has 0 spiro atoms. The molecule has 0 saturated heterocycles. The number of aliphatic imine (C=N–C) groups is 1. The van der Waals surface area contributed by atoms with Gasteiger partial charge in [-0.2, -0.15) is 0 Å². The maximum absolute atomic E-state index is 12.3. The van der Waals surface area contributed by atoms with E-state index >= 15 is 0 Å². The largest absolute Gasteiger partial charge is 0.508 e. The van der Waals surface area contributed by atoms with E-state index in [0.717, 1.165) is 0 Å². The first-order valence-electron chi connectivity index (χ1n) is 10.3. The number of phenolic OH excluding ortho intramolecular Hbond substituents is 1. The summed E-state index contributed by atoms with van der Waals surface area (Å²) < 4.78 is 0. The maximum atomic E-state index is 12.3. The van der Waals surface area contributed by atoms with E-state index in [1.165, 1.54) is 12.1 Å². The highest BCUT2D eigenvalue weighted by atomic mass is 16.4. The number of amides is 3. The number of carboxylic acid groups (broad SMARTS) is 1. The van der Waals surface area contributed by atoms with Gasteiger partial charge in [0, 0.05) is 6.54 Å². The van der Waals surface area contributed by atoms with Crippen molar-refractivity contribution in [2.24, 2.45) is 22.2 Å². The second kappa shape index (κ2) is 14.3. The highest BCUT2D eigenvalue weighted by molar-refractivity contribution is 5.92. The van der Waals surface area contributed by atoms with Crippen molar-refractivity contribution in [3.63, 3.8) is 0 Å². The fourth-order valence-corrected chi connectivity index (χ4v) is 2.75. The molecule has 14 nitrogen and oxygen atoms in total. The van der Waals surface area contributed by atoms with Gasteiger partial charge in [-0.15, -0.1) is 0 Å². The maximum Gasteiger partial charge on any atom is 0.326 e. The Morgan fingerprint density at radius 3 is 2.21 bits per heavy atom. The van der Waals surface area contributed by atoms with E-state index in [1.807, 2.05) is 0 Å². The fraction of sp³-hybridized carbons (Fsp3) is 0.450. The molecule has 1 aromatic carbocycles. The van der Waals surface area contributed by atoms with Gasteiger partial charge in [0.25, 0.3) is 0 Å². The van der Waals surface area contributed by atoms with Crippen LogP contribution in [0.3, 0.4) is 0 Å². The second-order valence-electron chi connectivity index (χ2n) is 7.35. The lowest BCUT2D eigenvalue weighted by atomic mass is 10.1. The predicted molar refractivity (Wildman–Crippen MR) is 121 cm³/mol. The highest BCUT2D eigenvalue weighted by Gasteiger charge is 2.26. The van der Waals surface area contributed by atoms with Crippen LogP contribution >= 0.6 is 0 Å². The van der Waals surface area contributed by atoms with Crippen molar-refractivity contribution in [2.45, 2.75) is 37.4 Å².